The highest BCUT2D eigenvalue weighted by Crippen LogP contribution is 2.36. The van der Waals surface area contributed by atoms with Gasteiger partial charge in [-0.25, -0.2) is 9.98 Å². The molecule has 1 atom stereocenters. The number of hydrogen-bond acceptors (Lipinski definition) is 3. The van der Waals surface area contributed by atoms with Crippen molar-refractivity contribution in [1.29, 1.82) is 0 Å². The molecule has 2 heterocycles. The van der Waals surface area contributed by atoms with Gasteiger partial charge in [-0.15, -0.1) is 0 Å². The van der Waals surface area contributed by atoms with Gasteiger partial charge in [-0.1, -0.05) is 17.7 Å². The first-order chi connectivity index (χ1) is 10.1. The van der Waals surface area contributed by atoms with Crippen molar-refractivity contribution < 1.29 is 0 Å². The van der Waals surface area contributed by atoms with Crippen LogP contribution in [0.15, 0.2) is 23.3 Å². The standard InChI is InChI=1S/C15H23ClN4S/c1-3-17-14(20-11-15(2)7-4-8-21-15)19-10-12-5-6-13(16)18-9-12/h5-6,9H,3-4,7-8,10-11H2,1-2H3,(H2,17,19,20). The zero-order chi connectivity index (χ0) is 15.1. The van der Waals surface area contributed by atoms with E-state index >= 15 is 0 Å². The van der Waals surface area contributed by atoms with Crippen molar-refractivity contribution in [2.75, 3.05) is 18.8 Å². The maximum Gasteiger partial charge on any atom is 0.191 e. The third kappa shape index (κ3) is 5.40. The average Bonchev–Trinajstić information content (AvgIpc) is 2.91. The largest absolute Gasteiger partial charge is 0.357 e. The van der Waals surface area contributed by atoms with Gasteiger partial charge in [0, 0.05) is 24.0 Å². The normalized spacial score (nSPS) is 22.3. The van der Waals surface area contributed by atoms with Crippen LogP contribution in [0.4, 0.5) is 0 Å². The van der Waals surface area contributed by atoms with Crippen LogP contribution in [0, 0.1) is 0 Å². The summed E-state index contributed by atoms with van der Waals surface area (Å²) in [7, 11) is 0. The highest BCUT2D eigenvalue weighted by molar-refractivity contribution is 8.00. The molecular formula is C15H23ClN4S. The smallest absolute Gasteiger partial charge is 0.191 e. The Morgan fingerprint density at radius 1 is 1.48 bits per heavy atom. The van der Waals surface area contributed by atoms with Crippen molar-refractivity contribution in [1.82, 2.24) is 15.6 Å². The highest BCUT2D eigenvalue weighted by Gasteiger charge is 2.29. The summed E-state index contributed by atoms with van der Waals surface area (Å²) in [6.07, 6.45) is 4.35. The first-order valence-electron chi connectivity index (χ1n) is 7.38. The van der Waals surface area contributed by atoms with Gasteiger partial charge in [0.25, 0.3) is 0 Å². The Kier molecular flexibility index (Phi) is 6.18. The van der Waals surface area contributed by atoms with Crippen molar-refractivity contribution >= 4 is 29.3 Å². The minimum absolute atomic E-state index is 0.331. The van der Waals surface area contributed by atoms with E-state index in [0.29, 0.717) is 16.4 Å². The predicted molar refractivity (Wildman–Crippen MR) is 92.2 cm³/mol. The van der Waals surface area contributed by atoms with E-state index in [4.69, 9.17) is 11.6 Å². The number of hydrogen-bond donors (Lipinski definition) is 2. The van der Waals surface area contributed by atoms with Gasteiger partial charge >= 0.3 is 0 Å². The number of nitrogens with one attached hydrogen (secondary N) is 2. The molecule has 6 heteroatoms. The van der Waals surface area contributed by atoms with Gasteiger partial charge in [-0.05, 0) is 44.1 Å². The fraction of sp³-hybridized carbons (Fsp3) is 0.600. The second-order valence-electron chi connectivity index (χ2n) is 5.44. The van der Waals surface area contributed by atoms with Gasteiger partial charge in [0.2, 0.25) is 0 Å². The molecule has 1 saturated heterocycles. The number of pyridine rings is 1. The molecule has 0 spiro atoms. The lowest BCUT2D eigenvalue weighted by molar-refractivity contribution is 0.584. The summed E-state index contributed by atoms with van der Waals surface area (Å²) < 4.78 is 0.331. The van der Waals surface area contributed by atoms with Gasteiger partial charge in [0.1, 0.15) is 5.15 Å². The molecule has 1 unspecified atom stereocenters. The third-order valence-electron chi connectivity index (χ3n) is 3.48. The molecule has 1 aromatic heterocycles. The maximum atomic E-state index is 5.79. The molecule has 0 radical (unpaired) electrons. The van der Waals surface area contributed by atoms with E-state index in [1.165, 1.54) is 18.6 Å². The van der Waals surface area contributed by atoms with Crippen LogP contribution < -0.4 is 10.6 Å². The molecule has 0 aliphatic carbocycles. The molecule has 1 aliphatic rings. The Labute approximate surface area is 136 Å². The van der Waals surface area contributed by atoms with E-state index in [1.807, 2.05) is 6.07 Å². The van der Waals surface area contributed by atoms with E-state index in [2.05, 4.69) is 46.2 Å². The van der Waals surface area contributed by atoms with Crippen molar-refractivity contribution in [2.45, 2.75) is 38.0 Å². The maximum absolute atomic E-state index is 5.79. The Morgan fingerprint density at radius 3 is 2.95 bits per heavy atom. The summed E-state index contributed by atoms with van der Waals surface area (Å²) in [6.45, 7) is 6.80. The summed E-state index contributed by atoms with van der Waals surface area (Å²) in [6, 6.07) is 3.75. The van der Waals surface area contributed by atoms with E-state index in [0.717, 1.165) is 24.6 Å². The number of halogens is 1. The summed E-state index contributed by atoms with van der Waals surface area (Å²) >= 11 is 7.84. The lowest BCUT2D eigenvalue weighted by Gasteiger charge is -2.24. The highest BCUT2D eigenvalue weighted by atomic mass is 35.5. The van der Waals surface area contributed by atoms with Crippen molar-refractivity contribution in [3.63, 3.8) is 0 Å². The van der Waals surface area contributed by atoms with Crippen LogP contribution in [0.5, 0.6) is 0 Å². The Hall–Kier alpha value is -0.940. The molecule has 0 aromatic carbocycles. The number of thioether (sulfide) groups is 1. The van der Waals surface area contributed by atoms with Gasteiger partial charge in [0.15, 0.2) is 5.96 Å². The molecular weight excluding hydrogens is 304 g/mol. The Morgan fingerprint density at radius 2 is 2.33 bits per heavy atom. The summed E-state index contributed by atoms with van der Waals surface area (Å²) in [5, 5.41) is 7.26. The topological polar surface area (TPSA) is 49.3 Å². The molecule has 21 heavy (non-hydrogen) atoms. The van der Waals surface area contributed by atoms with Crippen LogP contribution in [-0.4, -0.2) is 34.5 Å². The van der Waals surface area contributed by atoms with E-state index in [9.17, 15) is 0 Å². The Balaban J connectivity index is 1.90. The minimum Gasteiger partial charge on any atom is -0.357 e. The molecule has 4 nitrogen and oxygen atoms in total. The molecule has 1 aromatic rings. The van der Waals surface area contributed by atoms with Gasteiger partial charge in [0.05, 0.1) is 6.54 Å². The fourth-order valence-corrected chi connectivity index (χ4v) is 3.62. The van der Waals surface area contributed by atoms with Crippen LogP contribution in [0.3, 0.4) is 0 Å². The fourth-order valence-electron chi connectivity index (χ4n) is 2.26. The van der Waals surface area contributed by atoms with Crippen LogP contribution in [0.1, 0.15) is 32.3 Å². The molecule has 0 bridgehead atoms. The van der Waals surface area contributed by atoms with Crippen LogP contribution in [0.25, 0.3) is 0 Å². The lowest BCUT2D eigenvalue weighted by Crippen LogP contribution is -2.43. The van der Waals surface area contributed by atoms with Crippen LogP contribution >= 0.6 is 23.4 Å². The number of nitrogens with zero attached hydrogens (tertiary/aromatic N) is 2. The van der Waals surface area contributed by atoms with Crippen LogP contribution in [-0.2, 0) is 6.54 Å². The number of guanidine groups is 1. The van der Waals surface area contributed by atoms with E-state index in [-0.39, 0.29) is 0 Å². The number of rotatable bonds is 5. The molecule has 116 valence electrons. The first-order valence-corrected chi connectivity index (χ1v) is 8.74. The first kappa shape index (κ1) is 16.4. The molecule has 1 fully saturated rings. The zero-order valence-corrected chi connectivity index (χ0v) is 14.2. The minimum atomic E-state index is 0.331. The zero-order valence-electron chi connectivity index (χ0n) is 12.7. The van der Waals surface area contributed by atoms with Crippen LogP contribution in [0.2, 0.25) is 5.15 Å². The van der Waals surface area contributed by atoms with Crippen molar-refractivity contribution in [3.8, 4) is 0 Å². The summed E-state index contributed by atoms with van der Waals surface area (Å²) in [4.78, 5) is 8.68. The summed E-state index contributed by atoms with van der Waals surface area (Å²) in [5.74, 6) is 2.13. The SMILES string of the molecule is CCNC(=NCc1ccc(Cl)nc1)NCC1(C)CCCS1. The average molecular weight is 327 g/mol. The van der Waals surface area contributed by atoms with E-state index < -0.39 is 0 Å². The second-order valence-corrected chi connectivity index (χ2v) is 7.51. The lowest BCUT2D eigenvalue weighted by atomic mass is 10.1. The summed E-state index contributed by atoms with van der Waals surface area (Å²) in [5.41, 5.74) is 1.05. The quantitative estimate of drug-likeness (QED) is 0.496. The molecule has 1 aliphatic heterocycles. The molecule has 0 saturated carbocycles. The van der Waals surface area contributed by atoms with Gasteiger partial charge < -0.3 is 10.6 Å². The molecule has 2 N–H and O–H groups in total. The third-order valence-corrected chi connectivity index (χ3v) is 5.24. The Bertz CT molecular complexity index is 469. The molecule has 2 rings (SSSR count). The predicted octanol–water partition coefficient (Wildman–Crippen LogP) is 3.08. The monoisotopic (exact) mass is 326 g/mol. The van der Waals surface area contributed by atoms with Gasteiger partial charge in [-0.3, -0.25) is 0 Å². The van der Waals surface area contributed by atoms with Crippen molar-refractivity contribution in [2.24, 2.45) is 4.99 Å². The van der Waals surface area contributed by atoms with Crippen molar-refractivity contribution in [3.05, 3.63) is 29.0 Å². The number of aromatic nitrogens is 1. The molecule has 0 amide bonds. The van der Waals surface area contributed by atoms with E-state index in [1.54, 1.807) is 12.3 Å². The van der Waals surface area contributed by atoms with Gasteiger partial charge in [-0.2, -0.15) is 11.8 Å². The number of aliphatic imine (C=N–C) groups is 1. The second kappa shape index (κ2) is 7.90.